The van der Waals surface area contributed by atoms with Crippen LogP contribution in [0.4, 0.5) is 0 Å². The number of carbonyl (C=O) groups excluding carboxylic acids is 2. The van der Waals surface area contributed by atoms with Crippen LogP contribution in [0.25, 0.3) is 11.1 Å². The van der Waals surface area contributed by atoms with Crippen molar-refractivity contribution >= 4 is 11.8 Å². The van der Waals surface area contributed by atoms with Gasteiger partial charge in [-0.25, -0.2) is 20.0 Å². The van der Waals surface area contributed by atoms with E-state index in [4.69, 9.17) is 0 Å². The SMILES string of the molecule is CC[N+](C)(CC)NC(=O)Cc1ccc(-c2ccc(CC(=O)N[N+](C)(CC)CC)cc2C)c(C)c1.[I-].[I-]. The third-order valence-electron chi connectivity index (χ3n) is 7.18. The van der Waals surface area contributed by atoms with Crippen molar-refractivity contribution in [3.63, 3.8) is 0 Å². The van der Waals surface area contributed by atoms with Crippen molar-refractivity contribution in [3.8, 4) is 11.1 Å². The zero-order valence-corrected chi connectivity index (χ0v) is 27.5. The maximum atomic E-state index is 12.6. The van der Waals surface area contributed by atoms with E-state index in [0.717, 1.165) is 59.6 Å². The Balaban J connectivity index is 0.00000612. The van der Waals surface area contributed by atoms with Crippen molar-refractivity contribution in [3.05, 3.63) is 58.7 Å². The van der Waals surface area contributed by atoms with Crippen LogP contribution in [0.5, 0.6) is 0 Å². The summed E-state index contributed by atoms with van der Waals surface area (Å²) in [6.45, 7) is 15.9. The molecule has 8 heteroatoms. The summed E-state index contributed by atoms with van der Waals surface area (Å²) in [4.78, 5) is 25.1. The Hall–Kier alpha value is -1.24. The summed E-state index contributed by atoms with van der Waals surface area (Å²) in [7, 11) is 4.07. The van der Waals surface area contributed by atoms with E-state index in [0.29, 0.717) is 22.0 Å². The van der Waals surface area contributed by atoms with Crippen LogP contribution >= 0.6 is 0 Å². The van der Waals surface area contributed by atoms with Gasteiger partial charge >= 0.3 is 0 Å². The molecule has 0 aliphatic rings. The van der Waals surface area contributed by atoms with E-state index >= 15 is 0 Å². The molecule has 36 heavy (non-hydrogen) atoms. The maximum absolute atomic E-state index is 12.6. The summed E-state index contributed by atoms with van der Waals surface area (Å²) in [5.41, 5.74) is 12.9. The first-order chi connectivity index (χ1) is 16.0. The highest BCUT2D eigenvalue weighted by Gasteiger charge is 2.21. The normalized spacial score (nSPS) is 11.2. The lowest BCUT2D eigenvalue weighted by Gasteiger charge is -2.31. The summed E-state index contributed by atoms with van der Waals surface area (Å²) in [5, 5.41) is 0. The summed E-state index contributed by atoms with van der Waals surface area (Å²) in [6, 6.07) is 12.5. The van der Waals surface area contributed by atoms with Crippen LogP contribution in [0.2, 0.25) is 0 Å². The predicted octanol–water partition coefficient (Wildman–Crippen LogP) is -1.90. The molecule has 2 aromatic carbocycles. The number of halogens is 2. The van der Waals surface area contributed by atoms with Gasteiger partial charge in [0, 0.05) is 0 Å². The molecule has 0 radical (unpaired) electrons. The van der Waals surface area contributed by atoms with Crippen LogP contribution in [0.3, 0.4) is 0 Å². The highest BCUT2D eigenvalue weighted by atomic mass is 127. The summed E-state index contributed by atoms with van der Waals surface area (Å²) in [6.07, 6.45) is 0.740. The lowest BCUT2D eigenvalue weighted by atomic mass is 9.93. The smallest absolute Gasteiger partial charge is 0.269 e. The van der Waals surface area contributed by atoms with E-state index in [2.05, 4.69) is 76.7 Å². The molecule has 0 aliphatic carbocycles. The Kier molecular flexibility index (Phi) is 14.7. The Bertz CT molecular complexity index is 937. The van der Waals surface area contributed by atoms with Gasteiger partial charge < -0.3 is 48.0 Å². The average molecular weight is 722 g/mol. The number of hydrogen-bond acceptors (Lipinski definition) is 2. The van der Waals surface area contributed by atoms with Gasteiger partial charge in [0.25, 0.3) is 11.8 Å². The average Bonchev–Trinajstić information content (AvgIpc) is 2.79. The van der Waals surface area contributed by atoms with E-state index in [1.165, 1.54) is 0 Å². The van der Waals surface area contributed by atoms with E-state index in [9.17, 15) is 9.59 Å². The standard InChI is InChI=1S/C28H42N4O2.2HI/c1-9-31(7,10-2)29-27(33)19-23-13-15-25(21(5)17-23)26-16-14-24(18-22(26)6)20-28(34)30-32(8,11-3)12-4;;/h13-18H,9-12,19-20H2,1-8H3;2*1H. The van der Waals surface area contributed by atoms with Gasteiger partial charge in [0.2, 0.25) is 0 Å². The van der Waals surface area contributed by atoms with Gasteiger partial charge in [0.1, 0.15) is 0 Å². The van der Waals surface area contributed by atoms with Crippen LogP contribution in [0, 0.1) is 13.8 Å². The second-order valence-electron chi connectivity index (χ2n) is 9.78. The molecule has 2 aromatic rings. The van der Waals surface area contributed by atoms with Gasteiger partial charge in [0.15, 0.2) is 0 Å². The Morgan fingerprint density at radius 1 is 0.639 bits per heavy atom. The van der Waals surface area contributed by atoms with Gasteiger partial charge in [-0.15, -0.1) is 0 Å². The number of benzene rings is 2. The summed E-state index contributed by atoms with van der Waals surface area (Å²) in [5.74, 6) is 0.0797. The molecule has 2 amide bonds. The van der Waals surface area contributed by atoms with Crippen LogP contribution in [0.15, 0.2) is 36.4 Å². The third-order valence-corrected chi connectivity index (χ3v) is 7.18. The van der Waals surface area contributed by atoms with Gasteiger partial charge in [-0.2, -0.15) is 0 Å². The van der Waals surface area contributed by atoms with Gasteiger partial charge in [0.05, 0.1) is 53.1 Å². The van der Waals surface area contributed by atoms with Crippen molar-refractivity contribution in [2.24, 2.45) is 0 Å². The first-order valence-corrected chi connectivity index (χ1v) is 12.5. The zero-order chi connectivity index (χ0) is 25.5. The molecule has 0 saturated carbocycles. The zero-order valence-electron chi connectivity index (χ0n) is 23.2. The highest BCUT2D eigenvalue weighted by Crippen LogP contribution is 2.28. The minimum atomic E-state index is 0. The molecule has 0 fully saturated rings. The monoisotopic (exact) mass is 722 g/mol. The number of nitrogens with one attached hydrogen (secondary N) is 2. The summed E-state index contributed by atoms with van der Waals surface area (Å²) >= 11 is 0. The molecule has 0 aromatic heterocycles. The molecule has 0 bridgehead atoms. The maximum Gasteiger partial charge on any atom is 0.269 e. The molecule has 0 atom stereocenters. The molecule has 0 saturated heterocycles. The summed E-state index contributed by atoms with van der Waals surface area (Å²) < 4.78 is 1.07. The third kappa shape index (κ3) is 9.57. The Morgan fingerprint density at radius 2 is 0.944 bits per heavy atom. The molecule has 2 rings (SSSR count). The van der Waals surface area contributed by atoms with Crippen molar-refractivity contribution in [1.82, 2.24) is 10.9 Å². The lowest BCUT2D eigenvalue weighted by Crippen LogP contribution is -3.00. The Morgan fingerprint density at radius 3 is 1.19 bits per heavy atom. The molecule has 0 heterocycles. The first kappa shape index (κ1) is 34.8. The molecule has 2 N–H and O–H groups in total. The number of rotatable bonds is 11. The van der Waals surface area contributed by atoms with E-state index in [-0.39, 0.29) is 59.8 Å². The first-order valence-electron chi connectivity index (χ1n) is 12.5. The largest absolute Gasteiger partial charge is 1.00 e. The van der Waals surface area contributed by atoms with Gasteiger partial charge in [-0.05, 0) is 74.9 Å². The Labute approximate surface area is 252 Å². The molecular weight excluding hydrogens is 678 g/mol. The number of quaternary nitrogens is 2. The fourth-order valence-electron chi connectivity index (χ4n) is 4.09. The predicted molar refractivity (Wildman–Crippen MR) is 140 cm³/mol. The molecule has 0 unspecified atom stereocenters. The van der Waals surface area contributed by atoms with Gasteiger partial charge in [-0.3, -0.25) is 9.59 Å². The number of hydrogen-bond donors (Lipinski definition) is 2. The lowest BCUT2D eigenvalue weighted by molar-refractivity contribution is -0.940. The number of amides is 2. The molecule has 6 nitrogen and oxygen atoms in total. The van der Waals surface area contributed by atoms with Crippen molar-refractivity contribution in [2.45, 2.75) is 54.4 Å². The molecule has 0 aliphatic heterocycles. The second kappa shape index (κ2) is 15.2. The fourth-order valence-corrected chi connectivity index (χ4v) is 4.09. The fraction of sp³-hybridized carbons (Fsp3) is 0.500. The van der Waals surface area contributed by atoms with Crippen LogP contribution in [-0.2, 0) is 22.4 Å². The number of carbonyl (C=O) groups is 2. The minimum Gasteiger partial charge on any atom is -1.00 e. The van der Waals surface area contributed by atoms with Crippen molar-refractivity contribution in [2.75, 3.05) is 40.3 Å². The van der Waals surface area contributed by atoms with Gasteiger partial charge in [-0.1, -0.05) is 36.4 Å². The van der Waals surface area contributed by atoms with Crippen LogP contribution in [0.1, 0.15) is 49.9 Å². The second-order valence-corrected chi connectivity index (χ2v) is 9.78. The van der Waals surface area contributed by atoms with E-state index < -0.39 is 0 Å². The number of nitrogens with zero attached hydrogens (tertiary/aromatic N) is 2. The van der Waals surface area contributed by atoms with E-state index in [1.54, 1.807) is 0 Å². The highest BCUT2D eigenvalue weighted by molar-refractivity contribution is 5.79. The quantitative estimate of drug-likeness (QED) is 0.162. The minimum absolute atomic E-state index is 0. The van der Waals surface area contributed by atoms with Crippen LogP contribution < -0.4 is 58.8 Å². The van der Waals surface area contributed by atoms with Crippen molar-refractivity contribution < 1.29 is 66.7 Å². The van der Waals surface area contributed by atoms with Crippen LogP contribution in [-0.4, -0.2) is 61.3 Å². The topological polar surface area (TPSA) is 58.2 Å². The van der Waals surface area contributed by atoms with Crippen molar-refractivity contribution in [1.29, 1.82) is 0 Å². The molecular formula is C28H44I2N4O2. The molecule has 0 spiro atoms. The molecule has 202 valence electrons. The van der Waals surface area contributed by atoms with E-state index in [1.807, 2.05) is 26.2 Å². The number of aryl methyl sites for hydroxylation is 2.